The van der Waals surface area contributed by atoms with Gasteiger partial charge in [-0.3, -0.25) is 13.9 Å². The van der Waals surface area contributed by atoms with Crippen molar-refractivity contribution in [1.82, 2.24) is 5.32 Å². The zero-order valence-electron chi connectivity index (χ0n) is 17.6. The maximum atomic E-state index is 13.1. The average molecular weight is 468 g/mol. The van der Waals surface area contributed by atoms with Gasteiger partial charge in [-0.25, -0.2) is 8.42 Å². The van der Waals surface area contributed by atoms with Gasteiger partial charge in [0.2, 0.25) is 15.9 Å². The van der Waals surface area contributed by atoms with Crippen molar-refractivity contribution in [2.45, 2.75) is 19.4 Å². The number of carbonyl (C=O) groups is 2. The number of nitrogens with one attached hydrogen (secondary N) is 2. The number of halogens is 1. The van der Waals surface area contributed by atoms with Crippen molar-refractivity contribution in [3.05, 3.63) is 59.1 Å². The summed E-state index contributed by atoms with van der Waals surface area (Å²) in [4.78, 5) is 25.6. The Bertz CT molecular complexity index is 1010. The van der Waals surface area contributed by atoms with Crippen LogP contribution in [0.2, 0.25) is 5.02 Å². The molecule has 8 nitrogen and oxygen atoms in total. The number of carbonyl (C=O) groups excluding carboxylic acids is 2. The molecular weight excluding hydrogens is 442 g/mol. The zero-order valence-corrected chi connectivity index (χ0v) is 19.2. The number of hydrogen-bond acceptors (Lipinski definition) is 5. The molecule has 10 heteroatoms. The molecule has 2 N–H and O–H groups in total. The van der Waals surface area contributed by atoms with Crippen molar-refractivity contribution in [3.63, 3.8) is 0 Å². The molecule has 168 valence electrons. The summed E-state index contributed by atoms with van der Waals surface area (Å²) in [5.74, 6) is -0.932. The van der Waals surface area contributed by atoms with E-state index in [1.807, 2.05) is 0 Å². The quantitative estimate of drug-likeness (QED) is 0.523. The fraction of sp³-hybridized carbons (Fsp3) is 0.333. The molecule has 0 bridgehead atoms. The molecule has 0 saturated heterocycles. The molecule has 0 radical (unpaired) electrons. The van der Waals surface area contributed by atoms with Gasteiger partial charge < -0.3 is 15.4 Å². The minimum atomic E-state index is -3.78. The van der Waals surface area contributed by atoms with E-state index in [2.05, 4.69) is 10.6 Å². The normalized spacial score (nSPS) is 12.1. The van der Waals surface area contributed by atoms with Gasteiger partial charge in [0.25, 0.3) is 5.91 Å². The molecule has 0 aliphatic carbocycles. The van der Waals surface area contributed by atoms with Crippen molar-refractivity contribution in [2.75, 3.05) is 36.1 Å². The third-order valence-electron chi connectivity index (χ3n) is 4.43. The van der Waals surface area contributed by atoms with E-state index in [0.717, 1.165) is 10.6 Å². The Hall–Kier alpha value is -2.62. The van der Waals surface area contributed by atoms with Crippen molar-refractivity contribution < 1.29 is 22.7 Å². The first-order valence-electron chi connectivity index (χ1n) is 9.61. The first-order chi connectivity index (χ1) is 14.7. The van der Waals surface area contributed by atoms with Crippen LogP contribution in [0.1, 0.15) is 23.7 Å². The van der Waals surface area contributed by atoms with E-state index >= 15 is 0 Å². The minimum Gasteiger partial charge on any atom is -0.383 e. The molecule has 0 aliphatic rings. The first kappa shape index (κ1) is 24.6. The molecule has 0 aliphatic heterocycles. The Balaban J connectivity index is 2.32. The lowest BCUT2D eigenvalue weighted by Gasteiger charge is -2.30. The van der Waals surface area contributed by atoms with Crippen LogP contribution in [0.4, 0.5) is 11.4 Å². The molecule has 2 aromatic carbocycles. The highest BCUT2D eigenvalue weighted by Crippen LogP contribution is 2.25. The Morgan fingerprint density at radius 1 is 1.13 bits per heavy atom. The highest BCUT2D eigenvalue weighted by atomic mass is 35.5. The molecule has 31 heavy (non-hydrogen) atoms. The van der Waals surface area contributed by atoms with Gasteiger partial charge in [-0.1, -0.05) is 30.7 Å². The van der Waals surface area contributed by atoms with E-state index in [-0.39, 0.29) is 23.6 Å². The fourth-order valence-electron chi connectivity index (χ4n) is 3.02. The molecule has 0 fully saturated rings. The fourth-order valence-corrected chi connectivity index (χ4v) is 4.35. The SMILES string of the molecule is CCC(C(=O)Nc1ccccc1C(=O)NCCOC)N(c1ccc(Cl)cc1)S(C)(=O)=O. The number of ether oxygens (including phenoxy) is 1. The van der Waals surface area contributed by atoms with Gasteiger partial charge >= 0.3 is 0 Å². The van der Waals surface area contributed by atoms with E-state index in [9.17, 15) is 18.0 Å². The number of para-hydroxylation sites is 1. The van der Waals surface area contributed by atoms with Gasteiger partial charge in [-0.05, 0) is 42.8 Å². The largest absolute Gasteiger partial charge is 0.383 e. The Kier molecular flexibility index (Phi) is 8.85. The van der Waals surface area contributed by atoms with Gasteiger partial charge in [-0.15, -0.1) is 0 Å². The first-order valence-corrected chi connectivity index (χ1v) is 11.8. The minimum absolute atomic E-state index is 0.212. The lowest BCUT2D eigenvalue weighted by atomic mass is 10.1. The van der Waals surface area contributed by atoms with E-state index in [1.54, 1.807) is 43.3 Å². The van der Waals surface area contributed by atoms with E-state index in [0.29, 0.717) is 23.9 Å². The average Bonchev–Trinajstić information content (AvgIpc) is 2.72. The van der Waals surface area contributed by atoms with Crippen molar-refractivity contribution in [2.24, 2.45) is 0 Å². The number of anilines is 2. The van der Waals surface area contributed by atoms with Crippen LogP contribution >= 0.6 is 11.6 Å². The molecule has 0 spiro atoms. The summed E-state index contributed by atoms with van der Waals surface area (Å²) in [7, 11) is -2.26. The van der Waals surface area contributed by atoms with Crippen LogP contribution in [0.25, 0.3) is 0 Å². The molecular formula is C21H26ClN3O5S. The van der Waals surface area contributed by atoms with Gasteiger partial charge in [-0.2, -0.15) is 0 Å². The molecule has 0 saturated carbocycles. The predicted molar refractivity (Wildman–Crippen MR) is 122 cm³/mol. The van der Waals surface area contributed by atoms with Crippen LogP contribution in [-0.4, -0.2) is 52.8 Å². The highest BCUT2D eigenvalue weighted by Gasteiger charge is 2.32. The van der Waals surface area contributed by atoms with Crippen LogP contribution in [0.5, 0.6) is 0 Å². The van der Waals surface area contributed by atoms with E-state index < -0.39 is 22.0 Å². The number of nitrogens with zero attached hydrogens (tertiary/aromatic N) is 1. The number of hydrogen-bond donors (Lipinski definition) is 2. The monoisotopic (exact) mass is 467 g/mol. The summed E-state index contributed by atoms with van der Waals surface area (Å²) in [6.45, 7) is 2.37. The van der Waals surface area contributed by atoms with Gasteiger partial charge in [0, 0.05) is 18.7 Å². The topological polar surface area (TPSA) is 105 Å². The zero-order chi connectivity index (χ0) is 23.0. The standard InChI is InChI=1S/C21H26ClN3O5S/c1-4-19(25(31(3,28)29)16-11-9-15(22)10-12-16)21(27)24-18-8-6-5-7-17(18)20(26)23-13-14-30-2/h5-12,19H,4,13-14H2,1-3H3,(H,23,26)(H,24,27). The molecule has 2 rings (SSSR count). The maximum Gasteiger partial charge on any atom is 0.253 e. The second kappa shape index (κ2) is 11.1. The number of benzene rings is 2. The van der Waals surface area contributed by atoms with E-state index in [1.165, 1.54) is 19.2 Å². The predicted octanol–water partition coefficient (Wildman–Crippen LogP) is 2.90. The molecule has 1 unspecified atom stereocenters. The molecule has 2 aromatic rings. The third kappa shape index (κ3) is 6.68. The van der Waals surface area contributed by atoms with Crippen LogP contribution < -0.4 is 14.9 Å². The summed E-state index contributed by atoms with van der Waals surface area (Å²) in [6.07, 6.45) is 1.25. The summed E-state index contributed by atoms with van der Waals surface area (Å²) >= 11 is 5.91. The number of amides is 2. The van der Waals surface area contributed by atoms with Gasteiger partial charge in [0.05, 0.1) is 29.8 Å². The molecule has 0 aromatic heterocycles. The van der Waals surface area contributed by atoms with Gasteiger partial charge in [0.1, 0.15) is 6.04 Å². The summed E-state index contributed by atoms with van der Waals surface area (Å²) < 4.78 is 31.0. The second-order valence-electron chi connectivity index (χ2n) is 6.74. The Morgan fingerprint density at radius 2 is 1.77 bits per heavy atom. The summed E-state index contributed by atoms with van der Waals surface area (Å²) in [6, 6.07) is 11.7. The van der Waals surface area contributed by atoms with Crippen LogP contribution in [-0.2, 0) is 19.6 Å². The number of rotatable bonds is 10. The molecule has 2 amide bonds. The lowest BCUT2D eigenvalue weighted by molar-refractivity contribution is -0.117. The smallest absolute Gasteiger partial charge is 0.253 e. The maximum absolute atomic E-state index is 13.1. The van der Waals surface area contributed by atoms with Crippen molar-refractivity contribution >= 4 is 44.8 Å². The molecule has 1 atom stereocenters. The summed E-state index contributed by atoms with van der Waals surface area (Å²) in [5.41, 5.74) is 0.865. The lowest BCUT2D eigenvalue weighted by Crippen LogP contribution is -2.47. The molecule has 0 heterocycles. The number of methoxy groups -OCH3 is 1. The third-order valence-corrected chi connectivity index (χ3v) is 5.86. The van der Waals surface area contributed by atoms with Crippen molar-refractivity contribution in [3.8, 4) is 0 Å². The highest BCUT2D eigenvalue weighted by molar-refractivity contribution is 7.92. The Morgan fingerprint density at radius 3 is 2.35 bits per heavy atom. The summed E-state index contributed by atoms with van der Waals surface area (Å²) in [5, 5.41) is 5.85. The van der Waals surface area contributed by atoms with Gasteiger partial charge in [0.15, 0.2) is 0 Å². The number of sulfonamides is 1. The van der Waals surface area contributed by atoms with E-state index in [4.69, 9.17) is 16.3 Å². The Labute approximate surface area is 187 Å². The van der Waals surface area contributed by atoms with Crippen LogP contribution in [0, 0.1) is 0 Å². The van der Waals surface area contributed by atoms with Crippen LogP contribution in [0.15, 0.2) is 48.5 Å². The van der Waals surface area contributed by atoms with Crippen LogP contribution in [0.3, 0.4) is 0 Å². The second-order valence-corrected chi connectivity index (χ2v) is 9.04. The van der Waals surface area contributed by atoms with Crippen molar-refractivity contribution in [1.29, 1.82) is 0 Å².